The minimum atomic E-state index is 0.341. The second kappa shape index (κ2) is 6.31. The van der Waals surface area contributed by atoms with Crippen LogP contribution in [-0.2, 0) is 4.74 Å². The monoisotopic (exact) mass is 256 g/mol. The zero-order valence-corrected chi connectivity index (χ0v) is 11.2. The van der Waals surface area contributed by atoms with Crippen LogP contribution in [0.15, 0.2) is 60.7 Å². The van der Waals surface area contributed by atoms with Gasteiger partial charge < -0.3 is 4.74 Å². The Morgan fingerprint density at radius 1 is 1.00 bits per heavy atom. The summed E-state index contributed by atoms with van der Waals surface area (Å²) in [5, 5.41) is 0.568. The van der Waals surface area contributed by atoms with Gasteiger partial charge in [0.25, 0.3) is 0 Å². The number of benzene rings is 2. The maximum atomic E-state index is 5.68. The van der Waals surface area contributed by atoms with Crippen LogP contribution in [-0.4, -0.2) is 11.7 Å². The molecule has 1 unspecified atom stereocenters. The SMILES string of the molecule is CC(COC(=S)c1ccccc1)c1ccccc1. The molecule has 0 aliphatic rings. The molecule has 2 aromatic rings. The van der Waals surface area contributed by atoms with Crippen molar-refractivity contribution in [2.75, 3.05) is 6.61 Å². The topological polar surface area (TPSA) is 9.23 Å². The molecule has 18 heavy (non-hydrogen) atoms. The van der Waals surface area contributed by atoms with E-state index >= 15 is 0 Å². The first-order valence-corrected chi connectivity index (χ1v) is 6.45. The van der Waals surface area contributed by atoms with Crippen molar-refractivity contribution in [2.24, 2.45) is 0 Å². The second-order valence-electron chi connectivity index (χ2n) is 4.28. The molecule has 92 valence electrons. The van der Waals surface area contributed by atoms with Gasteiger partial charge in [-0.1, -0.05) is 67.6 Å². The fourth-order valence-corrected chi connectivity index (χ4v) is 1.94. The van der Waals surface area contributed by atoms with Crippen LogP contribution in [0.4, 0.5) is 0 Å². The number of ether oxygens (including phenoxy) is 1. The minimum absolute atomic E-state index is 0.341. The first-order valence-electron chi connectivity index (χ1n) is 6.04. The van der Waals surface area contributed by atoms with Gasteiger partial charge in [0, 0.05) is 11.5 Å². The average Bonchev–Trinajstić information content (AvgIpc) is 2.46. The van der Waals surface area contributed by atoms with Crippen molar-refractivity contribution < 1.29 is 4.74 Å². The van der Waals surface area contributed by atoms with Crippen LogP contribution in [0.3, 0.4) is 0 Å². The van der Waals surface area contributed by atoms with Crippen molar-refractivity contribution in [1.82, 2.24) is 0 Å². The maximum absolute atomic E-state index is 5.68. The molecular weight excluding hydrogens is 240 g/mol. The van der Waals surface area contributed by atoms with Crippen LogP contribution in [0.25, 0.3) is 0 Å². The Labute approximate surface area is 113 Å². The summed E-state index contributed by atoms with van der Waals surface area (Å²) < 4.78 is 5.68. The van der Waals surface area contributed by atoms with Gasteiger partial charge in [0.15, 0.2) is 5.05 Å². The van der Waals surface area contributed by atoms with Crippen molar-refractivity contribution in [3.05, 3.63) is 71.8 Å². The van der Waals surface area contributed by atoms with Crippen molar-refractivity contribution in [2.45, 2.75) is 12.8 Å². The highest BCUT2D eigenvalue weighted by Gasteiger charge is 2.08. The van der Waals surface area contributed by atoms with E-state index in [9.17, 15) is 0 Å². The van der Waals surface area contributed by atoms with Crippen molar-refractivity contribution in [3.63, 3.8) is 0 Å². The van der Waals surface area contributed by atoms with Gasteiger partial charge >= 0.3 is 0 Å². The predicted octanol–water partition coefficient (Wildman–Crippen LogP) is 4.18. The molecule has 0 bridgehead atoms. The minimum Gasteiger partial charge on any atom is -0.482 e. The number of thiocarbonyl (C=S) groups is 1. The van der Waals surface area contributed by atoms with Gasteiger partial charge in [-0.25, -0.2) is 0 Å². The fourth-order valence-electron chi connectivity index (χ4n) is 1.74. The Balaban J connectivity index is 1.91. The number of rotatable bonds is 4. The lowest BCUT2D eigenvalue weighted by Gasteiger charge is -2.14. The van der Waals surface area contributed by atoms with E-state index in [1.807, 2.05) is 48.5 Å². The van der Waals surface area contributed by atoms with Gasteiger partial charge in [-0.05, 0) is 17.8 Å². The summed E-state index contributed by atoms with van der Waals surface area (Å²) in [6, 6.07) is 20.2. The molecule has 1 nitrogen and oxygen atoms in total. The molecule has 0 saturated carbocycles. The quantitative estimate of drug-likeness (QED) is 0.759. The summed E-state index contributed by atoms with van der Waals surface area (Å²) >= 11 is 5.27. The molecule has 2 aromatic carbocycles. The zero-order valence-electron chi connectivity index (χ0n) is 10.4. The summed E-state index contributed by atoms with van der Waals surface area (Å²) in [5.74, 6) is 0.341. The fraction of sp³-hybridized carbons (Fsp3) is 0.188. The molecule has 0 radical (unpaired) electrons. The maximum Gasteiger partial charge on any atom is 0.191 e. The van der Waals surface area contributed by atoms with Gasteiger partial charge in [0.2, 0.25) is 0 Å². The molecule has 0 aromatic heterocycles. The molecule has 2 rings (SSSR count). The molecule has 0 saturated heterocycles. The third-order valence-electron chi connectivity index (χ3n) is 2.84. The van der Waals surface area contributed by atoms with Crippen LogP contribution in [0.1, 0.15) is 24.0 Å². The van der Waals surface area contributed by atoms with E-state index in [1.165, 1.54) is 5.56 Å². The Kier molecular flexibility index (Phi) is 4.48. The van der Waals surface area contributed by atoms with E-state index in [0.29, 0.717) is 17.6 Å². The largest absolute Gasteiger partial charge is 0.482 e. The van der Waals surface area contributed by atoms with E-state index in [4.69, 9.17) is 17.0 Å². The van der Waals surface area contributed by atoms with Crippen molar-refractivity contribution >= 4 is 17.3 Å². The van der Waals surface area contributed by atoms with E-state index in [2.05, 4.69) is 19.1 Å². The molecule has 0 fully saturated rings. The van der Waals surface area contributed by atoms with Crippen LogP contribution in [0.2, 0.25) is 0 Å². The van der Waals surface area contributed by atoms with Crippen LogP contribution in [0.5, 0.6) is 0 Å². The normalized spacial score (nSPS) is 11.8. The standard InChI is InChI=1S/C16H16OS/c1-13(14-8-4-2-5-9-14)12-17-16(18)15-10-6-3-7-11-15/h2-11,13H,12H2,1H3. The Bertz CT molecular complexity index is 493. The van der Waals surface area contributed by atoms with Crippen molar-refractivity contribution in [1.29, 1.82) is 0 Å². The summed E-state index contributed by atoms with van der Waals surface area (Å²) in [5.41, 5.74) is 2.24. The van der Waals surface area contributed by atoms with Crippen LogP contribution >= 0.6 is 12.2 Å². The predicted molar refractivity (Wildman–Crippen MR) is 79.0 cm³/mol. The first kappa shape index (κ1) is 12.8. The highest BCUT2D eigenvalue weighted by molar-refractivity contribution is 7.80. The summed E-state index contributed by atoms with van der Waals surface area (Å²) in [7, 11) is 0. The summed E-state index contributed by atoms with van der Waals surface area (Å²) in [6.45, 7) is 2.75. The molecule has 0 aliphatic carbocycles. The highest BCUT2D eigenvalue weighted by atomic mass is 32.1. The Morgan fingerprint density at radius 2 is 1.56 bits per heavy atom. The smallest absolute Gasteiger partial charge is 0.191 e. The third-order valence-corrected chi connectivity index (χ3v) is 3.20. The lowest BCUT2D eigenvalue weighted by Crippen LogP contribution is -2.10. The molecule has 0 N–H and O–H groups in total. The first-order chi connectivity index (χ1) is 8.77. The van der Waals surface area contributed by atoms with E-state index < -0.39 is 0 Å². The third kappa shape index (κ3) is 3.41. The molecule has 0 spiro atoms. The van der Waals surface area contributed by atoms with E-state index in [0.717, 1.165) is 5.56 Å². The average molecular weight is 256 g/mol. The molecule has 0 heterocycles. The lowest BCUT2D eigenvalue weighted by molar-refractivity contribution is 0.292. The number of hydrogen-bond donors (Lipinski definition) is 0. The van der Waals surface area contributed by atoms with Gasteiger partial charge in [0.1, 0.15) is 0 Å². The molecule has 1 atom stereocenters. The van der Waals surface area contributed by atoms with Crippen LogP contribution < -0.4 is 0 Å². The summed E-state index contributed by atoms with van der Waals surface area (Å²) in [4.78, 5) is 0. The lowest BCUT2D eigenvalue weighted by atomic mass is 10.0. The van der Waals surface area contributed by atoms with Crippen LogP contribution in [0, 0.1) is 0 Å². The molecule has 0 amide bonds. The summed E-state index contributed by atoms with van der Waals surface area (Å²) in [6.07, 6.45) is 0. The van der Waals surface area contributed by atoms with E-state index in [-0.39, 0.29) is 0 Å². The molecule has 2 heteroatoms. The van der Waals surface area contributed by atoms with Gasteiger partial charge in [-0.2, -0.15) is 0 Å². The van der Waals surface area contributed by atoms with Gasteiger partial charge in [-0.15, -0.1) is 0 Å². The molecular formula is C16H16OS. The van der Waals surface area contributed by atoms with Crippen molar-refractivity contribution in [3.8, 4) is 0 Å². The Morgan fingerprint density at radius 3 is 2.17 bits per heavy atom. The van der Waals surface area contributed by atoms with Gasteiger partial charge in [-0.3, -0.25) is 0 Å². The highest BCUT2D eigenvalue weighted by Crippen LogP contribution is 2.15. The second-order valence-corrected chi connectivity index (χ2v) is 4.65. The Hall–Kier alpha value is -1.67. The zero-order chi connectivity index (χ0) is 12.8. The number of hydrogen-bond acceptors (Lipinski definition) is 2. The van der Waals surface area contributed by atoms with Gasteiger partial charge in [0.05, 0.1) is 6.61 Å². The van der Waals surface area contributed by atoms with E-state index in [1.54, 1.807) is 0 Å². The molecule has 0 aliphatic heterocycles.